The molecule has 1 aromatic heterocycles. The van der Waals surface area contributed by atoms with Crippen molar-refractivity contribution in [1.29, 1.82) is 0 Å². The Morgan fingerprint density at radius 2 is 0.648 bits per heavy atom. The topological polar surface area (TPSA) is 55.7 Å². The van der Waals surface area contributed by atoms with Crippen LogP contribution in [0.2, 0.25) is 0 Å². The van der Waals surface area contributed by atoms with Gasteiger partial charge in [0, 0.05) is 32.6 Å². The van der Waals surface area contributed by atoms with Crippen LogP contribution < -0.4 is 15.9 Å². The smallest absolute Gasteiger partial charge is 0.171 e. The summed E-state index contributed by atoms with van der Waals surface area (Å²) in [4.78, 5) is 14.7. The average Bonchev–Trinajstić information content (AvgIpc) is 3.27. The van der Waals surface area contributed by atoms with E-state index in [0.717, 1.165) is 65.6 Å². The summed E-state index contributed by atoms with van der Waals surface area (Å²) in [5, 5.41) is 4.72. The molecule has 0 aliphatic carbocycles. The van der Waals surface area contributed by atoms with Crippen LogP contribution in [0.15, 0.2) is 206 Å². The van der Waals surface area contributed by atoms with Gasteiger partial charge in [0.25, 0.3) is 0 Å². The number of aromatic nitrogens is 3. The number of fused-ring (bicyclic) bond motifs is 1. The summed E-state index contributed by atoms with van der Waals surface area (Å²) >= 11 is 0. The fraction of sp³-hybridized carbons (Fsp3) is 0. The van der Waals surface area contributed by atoms with E-state index in [2.05, 4.69) is 72.8 Å². The molecule has 54 heavy (non-hydrogen) atoms. The summed E-state index contributed by atoms with van der Waals surface area (Å²) in [5.41, 5.74) is 7.12. The van der Waals surface area contributed by atoms with Crippen molar-refractivity contribution < 1.29 is 4.57 Å². The number of nitrogens with zero attached hydrogens (tertiary/aromatic N) is 3. The van der Waals surface area contributed by atoms with E-state index in [1.54, 1.807) is 0 Å². The molecule has 0 atom stereocenters. The molecule has 0 aliphatic rings. The summed E-state index contributed by atoms with van der Waals surface area (Å²) in [7, 11) is -3.13. The third-order valence-electron chi connectivity index (χ3n) is 9.84. The van der Waals surface area contributed by atoms with Crippen molar-refractivity contribution in [3.63, 3.8) is 0 Å². The largest absolute Gasteiger partial charge is 0.309 e. The van der Waals surface area contributed by atoms with Crippen molar-refractivity contribution >= 4 is 33.8 Å². The first kappa shape index (κ1) is 33.1. The summed E-state index contributed by atoms with van der Waals surface area (Å²) in [6.07, 6.45) is 0. The van der Waals surface area contributed by atoms with Crippen molar-refractivity contribution in [1.82, 2.24) is 15.0 Å². The van der Waals surface area contributed by atoms with E-state index in [4.69, 9.17) is 15.0 Å². The molecule has 0 saturated heterocycles. The Balaban J connectivity index is 1.10. The first-order chi connectivity index (χ1) is 26.6. The molecule has 0 N–H and O–H groups in total. The quantitative estimate of drug-likeness (QED) is 0.147. The highest BCUT2D eigenvalue weighted by Gasteiger charge is 2.30. The van der Waals surface area contributed by atoms with Crippen LogP contribution in [0.5, 0.6) is 0 Å². The molecule has 0 radical (unpaired) electrons. The number of rotatable bonds is 8. The van der Waals surface area contributed by atoms with Crippen LogP contribution in [0.4, 0.5) is 0 Å². The highest BCUT2D eigenvalue weighted by Crippen LogP contribution is 2.44. The summed E-state index contributed by atoms with van der Waals surface area (Å²) in [6, 6.07) is 69.3. The number of benzene rings is 8. The first-order valence-electron chi connectivity index (χ1n) is 18.0. The van der Waals surface area contributed by atoms with Crippen LogP contribution in [0, 0.1) is 0 Å². The van der Waals surface area contributed by atoms with Gasteiger partial charge in [-0.3, -0.25) is 0 Å². The van der Waals surface area contributed by atoms with E-state index in [1.807, 2.05) is 133 Å². The lowest BCUT2D eigenvalue weighted by Gasteiger charge is -2.21. The lowest BCUT2D eigenvalue weighted by Crippen LogP contribution is -2.25. The Morgan fingerprint density at radius 1 is 0.296 bits per heavy atom. The summed E-state index contributed by atoms with van der Waals surface area (Å²) in [6.45, 7) is 0. The van der Waals surface area contributed by atoms with Crippen molar-refractivity contribution in [2.24, 2.45) is 0 Å². The fourth-order valence-corrected chi connectivity index (χ4v) is 9.83. The molecule has 8 aromatic carbocycles. The van der Waals surface area contributed by atoms with Gasteiger partial charge in [-0.15, -0.1) is 0 Å². The van der Waals surface area contributed by atoms with E-state index in [9.17, 15) is 0 Å². The molecule has 4 nitrogen and oxygen atoms in total. The second kappa shape index (κ2) is 14.4. The molecule has 256 valence electrons. The zero-order valence-corrected chi connectivity index (χ0v) is 30.2. The molecule has 0 aliphatic heterocycles. The van der Waals surface area contributed by atoms with Crippen molar-refractivity contribution in [2.45, 2.75) is 0 Å². The molecule has 0 unspecified atom stereocenters. The van der Waals surface area contributed by atoms with Gasteiger partial charge in [-0.2, -0.15) is 0 Å². The standard InChI is InChI=1S/C49H34N3OP/c53-54(40-21-9-3-10-22-40,41-23-11-4-12-24-41)42-25-15-20-39(34-42)44-33-32-43(45-26-13-14-27-46(44)45)35-28-30-38(31-29-35)49-51-47(36-16-5-1-6-17-36)50-48(52-49)37-18-7-2-8-19-37/h1-34H. The van der Waals surface area contributed by atoms with E-state index >= 15 is 4.57 Å². The molecule has 0 saturated carbocycles. The second-order valence-electron chi connectivity index (χ2n) is 13.2. The molecule has 1 heterocycles. The van der Waals surface area contributed by atoms with E-state index in [-0.39, 0.29) is 0 Å². The van der Waals surface area contributed by atoms with Crippen molar-refractivity contribution in [2.75, 3.05) is 0 Å². The maximum Gasteiger partial charge on any atom is 0.171 e. The molecular formula is C49H34N3OP. The molecule has 0 fully saturated rings. The third-order valence-corrected chi connectivity index (χ3v) is 12.9. The Bertz CT molecular complexity index is 2670. The normalized spacial score (nSPS) is 11.4. The lowest BCUT2D eigenvalue weighted by molar-refractivity contribution is 0.592. The van der Waals surface area contributed by atoms with Gasteiger partial charge in [-0.1, -0.05) is 200 Å². The van der Waals surface area contributed by atoms with Gasteiger partial charge in [-0.05, 0) is 39.1 Å². The van der Waals surface area contributed by atoms with E-state index < -0.39 is 7.14 Å². The molecule has 9 rings (SSSR count). The molecule has 5 heteroatoms. The van der Waals surface area contributed by atoms with E-state index in [1.165, 1.54) is 0 Å². The minimum Gasteiger partial charge on any atom is -0.309 e. The van der Waals surface area contributed by atoms with Gasteiger partial charge < -0.3 is 4.57 Å². The summed E-state index contributed by atoms with van der Waals surface area (Å²) < 4.78 is 15.2. The van der Waals surface area contributed by atoms with Crippen LogP contribution in [0.25, 0.3) is 67.2 Å². The van der Waals surface area contributed by atoms with Crippen LogP contribution in [0.1, 0.15) is 0 Å². The van der Waals surface area contributed by atoms with Crippen LogP contribution in [-0.2, 0) is 4.57 Å². The third kappa shape index (κ3) is 6.23. The number of hydrogen-bond acceptors (Lipinski definition) is 4. The van der Waals surface area contributed by atoms with Gasteiger partial charge in [0.05, 0.1) is 0 Å². The van der Waals surface area contributed by atoms with Gasteiger partial charge in [0.2, 0.25) is 0 Å². The van der Waals surface area contributed by atoms with Gasteiger partial charge >= 0.3 is 0 Å². The Hall–Kier alpha value is -6.74. The van der Waals surface area contributed by atoms with Gasteiger partial charge in [0.1, 0.15) is 0 Å². The molecule has 0 bridgehead atoms. The lowest BCUT2D eigenvalue weighted by atomic mass is 9.92. The minimum absolute atomic E-state index is 0.623. The fourth-order valence-electron chi connectivity index (χ4n) is 7.13. The highest BCUT2D eigenvalue weighted by atomic mass is 31.2. The highest BCUT2D eigenvalue weighted by molar-refractivity contribution is 7.85. The predicted octanol–water partition coefficient (Wildman–Crippen LogP) is 11.0. The molecule has 9 aromatic rings. The zero-order valence-electron chi connectivity index (χ0n) is 29.3. The number of hydrogen-bond donors (Lipinski definition) is 0. The zero-order chi connectivity index (χ0) is 36.3. The summed E-state index contributed by atoms with van der Waals surface area (Å²) in [5.74, 6) is 1.90. The SMILES string of the molecule is O=P(c1ccccc1)(c1ccccc1)c1cccc(-c2ccc(-c3ccc(-c4nc(-c5ccccc5)nc(-c5ccccc5)n4)cc3)c3ccccc23)c1. The minimum atomic E-state index is -3.13. The molecular weight excluding hydrogens is 678 g/mol. The van der Waals surface area contributed by atoms with E-state index in [0.29, 0.717) is 17.5 Å². The van der Waals surface area contributed by atoms with Gasteiger partial charge in [0.15, 0.2) is 24.6 Å². The maximum absolute atomic E-state index is 15.2. The molecule has 0 spiro atoms. The van der Waals surface area contributed by atoms with Crippen LogP contribution in [0.3, 0.4) is 0 Å². The van der Waals surface area contributed by atoms with Crippen molar-refractivity contribution in [3.8, 4) is 56.4 Å². The predicted molar refractivity (Wildman–Crippen MR) is 224 cm³/mol. The first-order valence-corrected chi connectivity index (χ1v) is 19.7. The Morgan fingerprint density at radius 3 is 1.13 bits per heavy atom. The monoisotopic (exact) mass is 711 g/mol. The maximum atomic E-state index is 15.2. The average molecular weight is 712 g/mol. The van der Waals surface area contributed by atoms with Crippen LogP contribution >= 0.6 is 7.14 Å². The van der Waals surface area contributed by atoms with Crippen molar-refractivity contribution in [3.05, 3.63) is 206 Å². The molecule has 0 amide bonds. The van der Waals surface area contributed by atoms with Gasteiger partial charge in [-0.25, -0.2) is 15.0 Å². The Labute approximate surface area is 314 Å². The van der Waals surface area contributed by atoms with Crippen LogP contribution in [-0.4, -0.2) is 15.0 Å². The Kier molecular flexibility index (Phi) is 8.80. The second-order valence-corrected chi connectivity index (χ2v) is 15.9.